The Balaban J connectivity index is 2.33. The number of carbonyl (C=O) groups is 3. The van der Waals surface area contributed by atoms with Crippen LogP contribution in [0.5, 0.6) is 0 Å². The van der Waals surface area contributed by atoms with E-state index in [0.717, 1.165) is 0 Å². The summed E-state index contributed by atoms with van der Waals surface area (Å²) in [5.41, 5.74) is 0. The van der Waals surface area contributed by atoms with Crippen molar-refractivity contribution < 1.29 is 19.5 Å². The molecule has 1 rings (SSSR count). The van der Waals surface area contributed by atoms with Crippen LogP contribution in [0.15, 0.2) is 0 Å². The molecule has 0 aromatic carbocycles. The lowest BCUT2D eigenvalue weighted by Crippen LogP contribution is -2.37. The van der Waals surface area contributed by atoms with Crippen molar-refractivity contribution in [3.63, 3.8) is 0 Å². The average molecular weight is 298 g/mol. The zero-order valence-electron chi connectivity index (χ0n) is 13.0. The van der Waals surface area contributed by atoms with Crippen molar-refractivity contribution in [1.82, 2.24) is 10.6 Å². The summed E-state index contributed by atoms with van der Waals surface area (Å²) in [6, 6.07) is 0. The van der Waals surface area contributed by atoms with Crippen molar-refractivity contribution >= 4 is 17.8 Å². The Labute approximate surface area is 125 Å². The number of hydrogen-bond acceptors (Lipinski definition) is 3. The second-order valence-corrected chi connectivity index (χ2v) is 6.37. The molecule has 0 aliphatic heterocycles. The number of amides is 2. The number of carboxylic acid groups (broad SMARTS) is 1. The number of nitrogens with one attached hydrogen (secondary N) is 2. The quantitative estimate of drug-likeness (QED) is 0.653. The van der Waals surface area contributed by atoms with Crippen molar-refractivity contribution in [3.05, 3.63) is 0 Å². The van der Waals surface area contributed by atoms with Crippen molar-refractivity contribution in [3.8, 4) is 0 Å². The van der Waals surface area contributed by atoms with Crippen LogP contribution in [-0.4, -0.2) is 36.0 Å². The van der Waals surface area contributed by atoms with E-state index in [1.807, 2.05) is 20.8 Å². The summed E-state index contributed by atoms with van der Waals surface area (Å²) < 4.78 is 0. The summed E-state index contributed by atoms with van der Waals surface area (Å²) in [5, 5.41) is 14.6. The van der Waals surface area contributed by atoms with Crippen LogP contribution in [0, 0.1) is 23.7 Å². The molecule has 1 unspecified atom stereocenters. The van der Waals surface area contributed by atoms with Gasteiger partial charge in [0.05, 0.1) is 11.8 Å². The van der Waals surface area contributed by atoms with Gasteiger partial charge in [-0.1, -0.05) is 20.8 Å². The smallest absolute Gasteiger partial charge is 0.307 e. The largest absolute Gasteiger partial charge is 0.481 e. The Hall–Kier alpha value is -1.59. The van der Waals surface area contributed by atoms with Gasteiger partial charge in [0.15, 0.2) is 0 Å². The molecule has 120 valence electrons. The van der Waals surface area contributed by atoms with E-state index in [1.54, 1.807) is 0 Å². The van der Waals surface area contributed by atoms with Crippen molar-refractivity contribution in [2.45, 2.75) is 40.0 Å². The van der Waals surface area contributed by atoms with Crippen LogP contribution in [0.4, 0.5) is 0 Å². The second kappa shape index (κ2) is 8.00. The van der Waals surface area contributed by atoms with Gasteiger partial charge >= 0.3 is 5.97 Å². The Morgan fingerprint density at radius 2 is 1.76 bits per heavy atom. The van der Waals surface area contributed by atoms with Crippen LogP contribution >= 0.6 is 0 Å². The van der Waals surface area contributed by atoms with Gasteiger partial charge in [-0.15, -0.1) is 0 Å². The lowest BCUT2D eigenvalue weighted by molar-refractivity contribution is -0.146. The normalized spacial score (nSPS) is 24.9. The number of rotatable bonds is 7. The van der Waals surface area contributed by atoms with Gasteiger partial charge in [0.1, 0.15) is 0 Å². The number of carboxylic acids is 1. The minimum absolute atomic E-state index is 0.0985. The van der Waals surface area contributed by atoms with E-state index in [9.17, 15) is 14.4 Å². The highest BCUT2D eigenvalue weighted by Crippen LogP contribution is 2.36. The van der Waals surface area contributed by atoms with E-state index in [4.69, 9.17) is 5.11 Å². The lowest BCUT2D eigenvalue weighted by atomic mass is 9.95. The maximum absolute atomic E-state index is 12.0. The zero-order chi connectivity index (χ0) is 16.0. The number of aliphatic carboxylic acids is 1. The van der Waals surface area contributed by atoms with Crippen LogP contribution in [0.1, 0.15) is 40.0 Å². The lowest BCUT2D eigenvalue weighted by Gasteiger charge is -2.15. The molecule has 1 aliphatic carbocycles. The van der Waals surface area contributed by atoms with E-state index >= 15 is 0 Å². The highest BCUT2D eigenvalue weighted by Gasteiger charge is 2.40. The predicted octanol–water partition coefficient (Wildman–Crippen LogP) is 1.01. The van der Waals surface area contributed by atoms with Gasteiger partial charge in [-0.25, -0.2) is 0 Å². The average Bonchev–Trinajstić information content (AvgIpc) is 2.78. The maximum atomic E-state index is 12.0. The molecule has 0 aromatic rings. The van der Waals surface area contributed by atoms with Crippen LogP contribution in [0.25, 0.3) is 0 Å². The van der Waals surface area contributed by atoms with E-state index in [-0.39, 0.29) is 30.7 Å². The third-order valence-corrected chi connectivity index (χ3v) is 3.81. The molecule has 0 spiro atoms. The van der Waals surface area contributed by atoms with Gasteiger partial charge < -0.3 is 15.7 Å². The molecule has 0 aromatic heterocycles. The van der Waals surface area contributed by atoms with Crippen molar-refractivity contribution in [2.24, 2.45) is 23.7 Å². The molecule has 0 bridgehead atoms. The zero-order valence-corrected chi connectivity index (χ0v) is 13.0. The van der Waals surface area contributed by atoms with E-state index < -0.39 is 17.8 Å². The second-order valence-electron chi connectivity index (χ2n) is 6.37. The Morgan fingerprint density at radius 1 is 1.14 bits per heavy atom. The first kappa shape index (κ1) is 17.5. The highest BCUT2D eigenvalue weighted by atomic mass is 16.4. The third kappa shape index (κ3) is 5.73. The first-order valence-electron chi connectivity index (χ1n) is 7.58. The Kier molecular flexibility index (Phi) is 6.65. The maximum Gasteiger partial charge on any atom is 0.307 e. The molecule has 2 amide bonds. The van der Waals surface area contributed by atoms with E-state index in [0.29, 0.717) is 25.3 Å². The van der Waals surface area contributed by atoms with Crippen LogP contribution in [0.3, 0.4) is 0 Å². The minimum Gasteiger partial charge on any atom is -0.481 e. The molecule has 1 fully saturated rings. The fraction of sp³-hybridized carbons (Fsp3) is 0.800. The Morgan fingerprint density at radius 3 is 2.33 bits per heavy atom. The SMILES string of the molecule is CC(C)CNC(=O)CCNC(=O)[C@H]1CC(C)C[C@H]1C(=O)O. The van der Waals surface area contributed by atoms with Gasteiger partial charge in [-0.3, -0.25) is 14.4 Å². The fourth-order valence-electron chi connectivity index (χ4n) is 2.69. The number of carbonyl (C=O) groups excluding carboxylic acids is 2. The van der Waals surface area contributed by atoms with E-state index in [1.165, 1.54) is 0 Å². The van der Waals surface area contributed by atoms with Gasteiger partial charge in [0.2, 0.25) is 11.8 Å². The summed E-state index contributed by atoms with van der Waals surface area (Å²) in [5.74, 6) is -1.70. The molecule has 1 saturated carbocycles. The van der Waals surface area contributed by atoms with Gasteiger partial charge in [0.25, 0.3) is 0 Å². The van der Waals surface area contributed by atoms with E-state index in [2.05, 4.69) is 10.6 Å². The van der Waals surface area contributed by atoms with Gasteiger partial charge in [-0.05, 0) is 24.7 Å². The van der Waals surface area contributed by atoms with Crippen LogP contribution in [-0.2, 0) is 14.4 Å². The molecular weight excluding hydrogens is 272 g/mol. The first-order valence-corrected chi connectivity index (χ1v) is 7.58. The van der Waals surface area contributed by atoms with Gasteiger partial charge in [0, 0.05) is 19.5 Å². The molecular formula is C15H26N2O4. The molecule has 1 aliphatic rings. The summed E-state index contributed by atoms with van der Waals surface area (Å²) in [6.45, 7) is 6.85. The summed E-state index contributed by atoms with van der Waals surface area (Å²) in [4.78, 5) is 34.7. The van der Waals surface area contributed by atoms with Crippen molar-refractivity contribution in [1.29, 1.82) is 0 Å². The topological polar surface area (TPSA) is 95.5 Å². The van der Waals surface area contributed by atoms with Gasteiger partial charge in [-0.2, -0.15) is 0 Å². The molecule has 0 saturated heterocycles. The Bertz CT molecular complexity index is 395. The molecule has 6 heteroatoms. The third-order valence-electron chi connectivity index (χ3n) is 3.81. The highest BCUT2D eigenvalue weighted by molar-refractivity contribution is 5.85. The summed E-state index contributed by atoms with van der Waals surface area (Å²) in [7, 11) is 0. The first-order chi connectivity index (χ1) is 9.81. The van der Waals surface area contributed by atoms with Crippen molar-refractivity contribution in [2.75, 3.05) is 13.1 Å². The molecule has 3 N–H and O–H groups in total. The molecule has 0 radical (unpaired) electrons. The summed E-state index contributed by atoms with van der Waals surface area (Å²) in [6.07, 6.45) is 1.36. The molecule has 21 heavy (non-hydrogen) atoms. The standard InChI is InChI=1S/C15H26N2O4/c1-9(2)8-17-13(18)4-5-16-14(19)11-6-10(3)7-12(11)15(20)21/h9-12H,4-8H2,1-3H3,(H,16,19)(H,17,18)(H,20,21)/t10?,11-,12+/m0/s1. The molecule has 0 heterocycles. The summed E-state index contributed by atoms with van der Waals surface area (Å²) >= 11 is 0. The van der Waals surface area contributed by atoms with Crippen LogP contribution in [0.2, 0.25) is 0 Å². The van der Waals surface area contributed by atoms with Crippen LogP contribution < -0.4 is 10.6 Å². The minimum atomic E-state index is -0.908. The predicted molar refractivity (Wildman–Crippen MR) is 78.5 cm³/mol. The number of hydrogen-bond donors (Lipinski definition) is 3. The molecule has 3 atom stereocenters. The molecule has 6 nitrogen and oxygen atoms in total. The fourth-order valence-corrected chi connectivity index (χ4v) is 2.69. The monoisotopic (exact) mass is 298 g/mol.